The molecule has 1 atom stereocenters. The van der Waals surface area contributed by atoms with Crippen LogP contribution in [0.4, 0.5) is 0 Å². The quantitative estimate of drug-likeness (QED) is 0.538. The van der Waals surface area contributed by atoms with E-state index >= 15 is 0 Å². The summed E-state index contributed by atoms with van der Waals surface area (Å²) in [4.78, 5) is 9.12. The van der Waals surface area contributed by atoms with Gasteiger partial charge in [0, 0.05) is 46.3 Å². The zero-order valence-corrected chi connectivity index (χ0v) is 13.7. The number of likely N-dealkylation sites (tertiary alicyclic amines) is 1. The minimum Gasteiger partial charge on any atom is -0.384 e. The van der Waals surface area contributed by atoms with Crippen LogP contribution in [0.25, 0.3) is 0 Å². The lowest BCUT2D eigenvalue weighted by atomic mass is 10.1. The van der Waals surface area contributed by atoms with E-state index in [1.807, 2.05) is 7.05 Å². The van der Waals surface area contributed by atoms with Gasteiger partial charge in [0.1, 0.15) is 0 Å². The molecule has 0 bridgehead atoms. The first-order valence-corrected chi connectivity index (χ1v) is 7.84. The number of nitrogens with zero attached hydrogens (tertiary/aromatic N) is 3. The molecule has 0 saturated carbocycles. The van der Waals surface area contributed by atoms with E-state index in [1.165, 1.54) is 25.8 Å². The Morgan fingerprint density at radius 3 is 2.90 bits per heavy atom. The lowest BCUT2D eigenvalue weighted by Gasteiger charge is -2.23. The van der Waals surface area contributed by atoms with Crippen molar-refractivity contribution in [2.45, 2.75) is 26.2 Å². The highest BCUT2D eigenvalue weighted by Gasteiger charge is 2.24. The third kappa shape index (κ3) is 6.09. The van der Waals surface area contributed by atoms with Gasteiger partial charge in [-0.1, -0.05) is 13.3 Å². The normalized spacial score (nSPS) is 19.9. The molecule has 0 aromatic heterocycles. The lowest BCUT2D eigenvalue weighted by Crippen LogP contribution is -2.43. The van der Waals surface area contributed by atoms with E-state index in [0.29, 0.717) is 5.92 Å². The van der Waals surface area contributed by atoms with E-state index in [2.05, 4.69) is 34.1 Å². The topological polar surface area (TPSA) is 40.1 Å². The number of hydrogen-bond donors (Lipinski definition) is 1. The summed E-state index contributed by atoms with van der Waals surface area (Å²) in [6, 6.07) is 0. The lowest BCUT2D eigenvalue weighted by molar-refractivity contribution is 0.157. The Balaban J connectivity index is 2.23. The predicted molar refractivity (Wildman–Crippen MR) is 85.3 cm³/mol. The van der Waals surface area contributed by atoms with E-state index in [9.17, 15) is 0 Å². The van der Waals surface area contributed by atoms with Gasteiger partial charge >= 0.3 is 0 Å². The van der Waals surface area contributed by atoms with Crippen LogP contribution in [-0.2, 0) is 4.74 Å². The third-order valence-electron chi connectivity index (χ3n) is 3.87. The van der Waals surface area contributed by atoms with Crippen molar-refractivity contribution in [1.82, 2.24) is 15.1 Å². The maximum absolute atomic E-state index is 5.24. The number of methoxy groups -OCH3 is 1. The number of unbranched alkanes of at least 4 members (excludes halogenated alkanes) is 1. The van der Waals surface area contributed by atoms with Gasteiger partial charge in [-0.25, -0.2) is 0 Å². The average Bonchev–Trinajstić information content (AvgIpc) is 2.90. The van der Waals surface area contributed by atoms with E-state index in [0.717, 1.165) is 38.7 Å². The Labute approximate surface area is 124 Å². The number of ether oxygens (including phenoxy) is 1. The number of aliphatic imine (C=N–C) groups is 1. The molecular weight excluding hydrogens is 252 g/mol. The maximum atomic E-state index is 5.24. The molecule has 1 heterocycles. The van der Waals surface area contributed by atoms with Gasteiger partial charge in [-0.15, -0.1) is 0 Å². The summed E-state index contributed by atoms with van der Waals surface area (Å²) >= 11 is 0. The van der Waals surface area contributed by atoms with Crippen LogP contribution in [-0.4, -0.2) is 76.3 Å². The van der Waals surface area contributed by atoms with Gasteiger partial charge in [-0.2, -0.15) is 0 Å². The second-order valence-corrected chi connectivity index (χ2v) is 5.69. The summed E-state index contributed by atoms with van der Waals surface area (Å²) in [5.41, 5.74) is 0. The molecule has 5 nitrogen and oxygen atoms in total. The number of likely N-dealkylation sites (N-methyl/N-ethyl adjacent to an activating group) is 1. The summed E-state index contributed by atoms with van der Waals surface area (Å²) in [6.45, 7) is 8.42. The van der Waals surface area contributed by atoms with Gasteiger partial charge in [0.25, 0.3) is 0 Å². The summed E-state index contributed by atoms with van der Waals surface area (Å²) in [7, 11) is 5.83. The SMILES string of the molecule is CCCCN(C)CCNC(=NC)N1CCC(COC)C1. The fourth-order valence-electron chi connectivity index (χ4n) is 2.63. The van der Waals surface area contributed by atoms with Gasteiger partial charge < -0.3 is 19.9 Å². The Morgan fingerprint density at radius 1 is 1.45 bits per heavy atom. The molecule has 0 radical (unpaired) electrons. The van der Waals surface area contributed by atoms with Gasteiger partial charge in [-0.05, 0) is 26.4 Å². The fourth-order valence-corrected chi connectivity index (χ4v) is 2.63. The number of rotatable bonds is 8. The molecule has 0 aromatic rings. The van der Waals surface area contributed by atoms with Gasteiger partial charge in [0.05, 0.1) is 6.61 Å². The number of nitrogens with one attached hydrogen (secondary N) is 1. The van der Waals surface area contributed by atoms with Gasteiger partial charge in [-0.3, -0.25) is 4.99 Å². The zero-order chi connectivity index (χ0) is 14.8. The van der Waals surface area contributed by atoms with Crippen LogP contribution in [0.2, 0.25) is 0 Å². The average molecular weight is 284 g/mol. The molecule has 0 amide bonds. The van der Waals surface area contributed by atoms with Gasteiger partial charge in [0.15, 0.2) is 5.96 Å². The maximum Gasteiger partial charge on any atom is 0.193 e. The molecule has 1 unspecified atom stereocenters. The molecule has 5 heteroatoms. The smallest absolute Gasteiger partial charge is 0.193 e. The molecule has 0 aliphatic carbocycles. The third-order valence-corrected chi connectivity index (χ3v) is 3.87. The van der Waals surface area contributed by atoms with Crippen molar-refractivity contribution >= 4 is 5.96 Å². The molecule has 0 aromatic carbocycles. The van der Waals surface area contributed by atoms with E-state index in [4.69, 9.17) is 4.74 Å². The molecule has 1 fully saturated rings. The second kappa shape index (κ2) is 10.00. The highest BCUT2D eigenvalue weighted by Crippen LogP contribution is 2.16. The fraction of sp³-hybridized carbons (Fsp3) is 0.933. The summed E-state index contributed by atoms with van der Waals surface area (Å²) in [6.07, 6.45) is 3.73. The van der Waals surface area contributed by atoms with Gasteiger partial charge in [0.2, 0.25) is 0 Å². The van der Waals surface area contributed by atoms with Crippen LogP contribution in [0.1, 0.15) is 26.2 Å². The largest absolute Gasteiger partial charge is 0.384 e. The Morgan fingerprint density at radius 2 is 2.25 bits per heavy atom. The molecular formula is C15H32N4O. The molecule has 1 saturated heterocycles. The van der Waals surface area contributed by atoms with E-state index < -0.39 is 0 Å². The highest BCUT2D eigenvalue weighted by molar-refractivity contribution is 5.80. The van der Waals surface area contributed by atoms with Crippen LogP contribution < -0.4 is 5.32 Å². The first kappa shape index (κ1) is 17.2. The first-order valence-electron chi connectivity index (χ1n) is 7.84. The minimum atomic E-state index is 0.644. The molecule has 1 aliphatic heterocycles. The van der Waals surface area contributed by atoms with Crippen LogP contribution >= 0.6 is 0 Å². The van der Waals surface area contributed by atoms with Crippen molar-refractivity contribution in [2.24, 2.45) is 10.9 Å². The molecule has 0 spiro atoms. The predicted octanol–water partition coefficient (Wildman–Crippen LogP) is 1.26. The van der Waals surface area contributed by atoms with Crippen molar-refractivity contribution in [3.8, 4) is 0 Å². The molecule has 1 N–H and O–H groups in total. The molecule has 1 aliphatic rings. The highest BCUT2D eigenvalue weighted by atomic mass is 16.5. The summed E-state index contributed by atoms with van der Waals surface area (Å²) in [5, 5.41) is 3.47. The Kier molecular flexibility index (Phi) is 8.62. The van der Waals surface area contributed by atoms with Crippen molar-refractivity contribution < 1.29 is 4.74 Å². The second-order valence-electron chi connectivity index (χ2n) is 5.69. The van der Waals surface area contributed by atoms with Crippen molar-refractivity contribution in [2.75, 3.05) is 60.5 Å². The zero-order valence-electron chi connectivity index (χ0n) is 13.7. The Bertz CT molecular complexity index is 283. The molecule has 1 rings (SSSR count). The van der Waals surface area contributed by atoms with E-state index in [1.54, 1.807) is 7.11 Å². The van der Waals surface area contributed by atoms with Crippen LogP contribution in [0.15, 0.2) is 4.99 Å². The summed E-state index contributed by atoms with van der Waals surface area (Å²) < 4.78 is 5.24. The van der Waals surface area contributed by atoms with Crippen molar-refractivity contribution in [3.05, 3.63) is 0 Å². The molecule has 20 heavy (non-hydrogen) atoms. The standard InChI is InChI=1S/C15H32N4O/c1-5-6-9-18(3)11-8-17-15(16-2)19-10-7-14(12-19)13-20-4/h14H,5-13H2,1-4H3,(H,16,17). The van der Waals surface area contributed by atoms with Crippen molar-refractivity contribution in [3.63, 3.8) is 0 Å². The monoisotopic (exact) mass is 284 g/mol. The van der Waals surface area contributed by atoms with Crippen LogP contribution in [0, 0.1) is 5.92 Å². The molecule has 118 valence electrons. The van der Waals surface area contributed by atoms with Crippen molar-refractivity contribution in [1.29, 1.82) is 0 Å². The van der Waals surface area contributed by atoms with Crippen LogP contribution in [0.5, 0.6) is 0 Å². The summed E-state index contributed by atoms with van der Waals surface area (Å²) in [5.74, 6) is 1.68. The Hall–Kier alpha value is -0.810. The van der Waals surface area contributed by atoms with E-state index in [-0.39, 0.29) is 0 Å². The first-order chi connectivity index (χ1) is 9.71. The number of guanidine groups is 1. The number of hydrogen-bond acceptors (Lipinski definition) is 3. The van der Waals surface area contributed by atoms with Crippen LogP contribution in [0.3, 0.4) is 0 Å². The minimum absolute atomic E-state index is 0.644.